The summed E-state index contributed by atoms with van der Waals surface area (Å²) in [6, 6.07) is -0.119. The Morgan fingerprint density at radius 1 is 1.33 bits per heavy atom. The van der Waals surface area contributed by atoms with E-state index in [2.05, 4.69) is 19.8 Å². The first-order chi connectivity index (χ1) is 14.0. The summed E-state index contributed by atoms with van der Waals surface area (Å²) in [6.07, 6.45) is 3.92. The predicted octanol–water partition coefficient (Wildman–Crippen LogP) is 0.667. The minimum absolute atomic E-state index is 0.101. The average Bonchev–Trinajstić information content (AvgIpc) is 3.33. The molecule has 4 N–H and O–H groups in total. The molecule has 2 fully saturated rings. The largest absolute Gasteiger partial charge is 0.511 e. The summed E-state index contributed by atoms with van der Waals surface area (Å²) >= 11 is 1.06. The first-order valence-corrected chi connectivity index (χ1v) is 13.7. The van der Waals surface area contributed by atoms with Crippen LogP contribution in [0.25, 0.3) is 0 Å². The van der Waals surface area contributed by atoms with Gasteiger partial charge in [0.1, 0.15) is 21.2 Å². The summed E-state index contributed by atoms with van der Waals surface area (Å²) in [5.74, 6) is -0.460. The summed E-state index contributed by atoms with van der Waals surface area (Å²) in [5, 5.41) is 18.5. The van der Waals surface area contributed by atoms with E-state index in [0.717, 1.165) is 36.9 Å². The molecule has 13 heteroatoms. The molecule has 0 saturated heterocycles. The molecule has 0 spiro atoms. The SMILES string of the molecule is CS(=O)(=O)NCc1csc2c1S(=O)(=O)N=C(C1=C(O)[C@@H]3[C@H]4CC[C@H](C4)[C@@H]3NC1=O)N2. The molecule has 4 aliphatic rings. The maximum absolute atomic E-state index is 12.9. The zero-order valence-electron chi connectivity index (χ0n) is 15.9. The lowest BCUT2D eigenvalue weighted by molar-refractivity contribution is -0.119. The van der Waals surface area contributed by atoms with Gasteiger partial charge < -0.3 is 15.7 Å². The zero-order valence-corrected chi connectivity index (χ0v) is 18.3. The molecule has 3 heterocycles. The van der Waals surface area contributed by atoms with Gasteiger partial charge in [-0.05, 0) is 36.5 Å². The average molecular weight is 473 g/mol. The third-order valence-corrected chi connectivity index (χ3v) is 9.44. The smallest absolute Gasteiger partial charge is 0.287 e. The third-order valence-electron chi connectivity index (χ3n) is 6.29. The number of hydrogen-bond donors (Lipinski definition) is 4. The van der Waals surface area contributed by atoms with Crippen LogP contribution in [0.15, 0.2) is 26.0 Å². The Hall–Kier alpha value is -1.96. The van der Waals surface area contributed by atoms with Gasteiger partial charge in [0, 0.05) is 24.1 Å². The monoisotopic (exact) mass is 472 g/mol. The number of nitrogens with zero attached hydrogens (tertiary/aromatic N) is 1. The Morgan fingerprint density at radius 2 is 2.07 bits per heavy atom. The molecule has 2 saturated carbocycles. The molecule has 0 unspecified atom stereocenters. The van der Waals surface area contributed by atoms with E-state index in [4.69, 9.17) is 0 Å². The van der Waals surface area contributed by atoms with Crippen LogP contribution < -0.4 is 15.4 Å². The number of sulfonamides is 2. The van der Waals surface area contributed by atoms with Gasteiger partial charge in [0.05, 0.1) is 6.26 Å². The number of nitrogens with one attached hydrogen (secondary N) is 3. The fourth-order valence-electron chi connectivity index (χ4n) is 5.11. The van der Waals surface area contributed by atoms with Crippen LogP contribution in [-0.4, -0.2) is 46.0 Å². The number of amidine groups is 1. The first-order valence-electron chi connectivity index (χ1n) is 9.46. The molecular weight excluding hydrogens is 452 g/mol. The fourth-order valence-corrected chi connectivity index (χ4v) is 8.14. The maximum Gasteiger partial charge on any atom is 0.287 e. The van der Waals surface area contributed by atoms with Gasteiger partial charge in [0.15, 0.2) is 5.84 Å². The van der Waals surface area contributed by atoms with E-state index in [1.54, 1.807) is 0 Å². The predicted molar refractivity (Wildman–Crippen MR) is 110 cm³/mol. The Morgan fingerprint density at radius 3 is 2.80 bits per heavy atom. The Bertz CT molecular complexity index is 1230. The summed E-state index contributed by atoms with van der Waals surface area (Å²) in [4.78, 5) is 12.6. The van der Waals surface area contributed by atoms with Crippen molar-refractivity contribution < 1.29 is 26.7 Å². The van der Waals surface area contributed by atoms with Crippen LogP contribution in [0.5, 0.6) is 0 Å². The summed E-state index contributed by atoms with van der Waals surface area (Å²) in [5.41, 5.74) is 0.123. The molecular formula is C17H20N4O6S3. The van der Waals surface area contributed by atoms with Gasteiger partial charge in [0.25, 0.3) is 15.9 Å². The molecule has 1 aromatic heterocycles. The van der Waals surface area contributed by atoms with Crippen LogP contribution in [0.4, 0.5) is 5.00 Å². The Balaban J connectivity index is 1.52. The van der Waals surface area contributed by atoms with Crippen molar-refractivity contribution in [1.29, 1.82) is 0 Å². The number of anilines is 1. The lowest BCUT2D eigenvalue weighted by Gasteiger charge is -2.36. The number of carbonyl (C=O) groups is 1. The maximum atomic E-state index is 12.9. The Labute approximate surface area is 177 Å². The van der Waals surface area contributed by atoms with Crippen molar-refractivity contribution in [2.75, 3.05) is 11.6 Å². The lowest BCUT2D eigenvalue weighted by Crippen LogP contribution is -2.51. The van der Waals surface area contributed by atoms with Gasteiger partial charge in [0.2, 0.25) is 10.0 Å². The molecule has 2 bridgehead atoms. The van der Waals surface area contributed by atoms with Gasteiger partial charge in [-0.3, -0.25) is 4.79 Å². The second-order valence-corrected chi connectivity index (χ2v) is 12.4. The van der Waals surface area contributed by atoms with E-state index in [1.807, 2.05) is 0 Å². The zero-order chi connectivity index (χ0) is 21.4. The number of aliphatic hydroxyl groups is 1. The van der Waals surface area contributed by atoms with Gasteiger partial charge in [-0.2, -0.15) is 8.42 Å². The van der Waals surface area contributed by atoms with Crippen LogP contribution >= 0.6 is 11.3 Å². The molecule has 0 radical (unpaired) electrons. The number of fused-ring (bicyclic) bond motifs is 6. The van der Waals surface area contributed by atoms with Crippen molar-refractivity contribution >= 4 is 48.1 Å². The standard InChI is InChI=1S/C17H20N4O6S3/c1-29(24,25)18-5-9-6-28-17-14(9)30(26,27)21-15(20-17)11-13(22)10-7-2-3-8(4-7)12(10)19-16(11)23/h6-8,10,12,18,22H,2-5H2,1H3,(H,19,23)(H,20,21)/t7-,8+,10+,12-/m0/s1. The van der Waals surface area contributed by atoms with E-state index in [1.165, 1.54) is 5.38 Å². The van der Waals surface area contributed by atoms with Gasteiger partial charge in [-0.25, -0.2) is 13.1 Å². The fraction of sp³-hybridized carbons (Fsp3) is 0.529. The highest BCUT2D eigenvalue weighted by molar-refractivity contribution is 7.91. The summed E-state index contributed by atoms with van der Waals surface area (Å²) < 4.78 is 54.5. The molecule has 2 aliphatic carbocycles. The minimum atomic E-state index is -4.20. The molecule has 5 rings (SSSR count). The molecule has 1 amide bonds. The van der Waals surface area contributed by atoms with Crippen LogP contribution in [0.1, 0.15) is 24.8 Å². The number of hydrogen-bond acceptors (Lipinski definition) is 8. The van der Waals surface area contributed by atoms with E-state index >= 15 is 0 Å². The van der Waals surface area contributed by atoms with E-state index in [0.29, 0.717) is 5.92 Å². The third kappa shape index (κ3) is 3.06. The van der Waals surface area contributed by atoms with Crippen molar-refractivity contribution in [3.8, 4) is 0 Å². The molecule has 162 valence electrons. The molecule has 30 heavy (non-hydrogen) atoms. The second-order valence-electron chi connectivity index (χ2n) is 8.17. The van der Waals surface area contributed by atoms with E-state index in [-0.39, 0.29) is 57.1 Å². The molecule has 1 aromatic rings. The van der Waals surface area contributed by atoms with Crippen molar-refractivity contribution in [3.05, 3.63) is 22.3 Å². The highest BCUT2D eigenvalue weighted by Gasteiger charge is 2.54. The summed E-state index contributed by atoms with van der Waals surface area (Å²) in [7, 11) is -7.71. The highest BCUT2D eigenvalue weighted by Crippen LogP contribution is 2.52. The summed E-state index contributed by atoms with van der Waals surface area (Å²) in [6.45, 7) is -0.197. The lowest BCUT2D eigenvalue weighted by atomic mass is 9.79. The highest BCUT2D eigenvalue weighted by atomic mass is 32.2. The second kappa shape index (κ2) is 6.52. The number of thiophene rings is 1. The molecule has 4 atom stereocenters. The van der Waals surface area contributed by atoms with E-state index < -0.39 is 26.0 Å². The quantitative estimate of drug-likeness (QED) is 0.502. The van der Waals surface area contributed by atoms with Crippen LogP contribution in [0.3, 0.4) is 0 Å². The van der Waals surface area contributed by atoms with Gasteiger partial charge in [-0.1, -0.05) is 0 Å². The number of amides is 1. The topological polar surface area (TPSA) is 154 Å². The van der Waals surface area contributed by atoms with Gasteiger partial charge >= 0.3 is 0 Å². The normalized spacial score (nSPS) is 31.6. The van der Waals surface area contributed by atoms with Crippen LogP contribution in [0.2, 0.25) is 0 Å². The minimum Gasteiger partial charge on any atom is -0.511 e. The van der Waals surface area contributed by atoms with Gasteiger partial charge in [-0.15, -0.1) is 15.7 Å². The van der Waals surface area contributed by atoms with Crippen molar-refractivity contribution in [2.45, 2.75) is 36.7 Å². The number of rotatable bonds is 4. The van der Waals surface area contributed by atoms with Crippen LogP contribution in [-0.2, 0) is 31.4 Å². The van der Waals surface area contributed by atoms with Crippen molar-refractivity contribution in [1.82, 2.24) is 10.0 Å². The number of carbonyl (C=O) groups excluding carboxylic acids is 1. The molecule has 10 nitrogen and oxygen atoms in total. The van der Waals surface area contributed by atoms with Crippen molar-refractivity contribution in [3.63, 3.8) is 0 Å². The van der Waals surface area contributed by atoms with E-state index in [9.17, 15) is 26.7 Å². The van der Waals surface area contributed by atoms with Crippen molar-refractivity contribution in [2.24, 2.45) is 22.2 Å². The molecule has 2 aliphatic heterocycles. The number of aliphatic hydroxyl groups excluding tert-OH is 1. The van der Waals surface area contributed by atoms with Crippen LogP contribution in [0, 0.1) is 17.8 Å². The Kier molecular flexibility index (Phi) is 4.34. The molecule has 0 aromatic carbocycles. The first kappa shape index (κ1) is 20.0.